The van der Waals surface area contributed by atoms with E-state index in [-0.39, 0.29) is 23.9 Å². The third-order valence-electron chi connectivity index (χ3n) is 6.57. The van der Waals surface area contributed by atoms with E-state index in [4.69, 9.17) is 9.72 Å². The van der Waals surface area contributed by atoms with Crippen molar-refractivity contribution < 1.29 is 24.2 Å². The summed E-state index contributed by atoms with van der Waals surface area (Å²) in [6, 6.07) is 20.1. The molecule has 5 rings (SSSR count). The summed E-state index contributed by atoms with van der Waals surface area (Å²) < 4.78 is 7.69. The van der Waals surface area contributed by atoms with Crippen molar-refractivity contribution in [3.8, 4) is 11.5 Å². The lowest BCUT2D eigenvalue weighted by atomic mass is 10.0. The molecule has 4 aromatic rings. The second-order valence-corrected chi connectivity index (χ2v) is 9.73. The number of carbonyl (C=O) groups excluding carboxylic acids is 2. The number of imidazole rings is 1. The number of nitrogens with zero attached hydrogens (tertiary/aromatic N) is 4. The van der Waals surface area contributed by atoms with E-state index in [0.717, 1.165) is 0 Å². The van der Waals surface area contributed by atoms with Gasteiger partial charge in [-0.2, -0.15) is 0 Å². The predicted molar refractivity (Wildman–Crippen MR) is 142 cm³/mol. The summed E-state index contributed by atoms with van der Waals surface area (Å²) in [5.74, 6) is 0.545. The predicted octanol–water partition coefficient (Wildman–Crippen LogP) is 5.62. The highest BCUT2D eigenvalue weighted by atomic mass is 16.5. The van der Waals surface area contributed by atoms with Gasteiger partial charge in [0.2, 0.25) is 0 Å². The normalized spacial score (nSPS) is 14.5. The average molecular weight is 513 g/mol. The van der Waals surface area contributed by atoms with Crippen molar-refractivity contribution in [3.63, 3.8) is 0 Å². The van der Waals surface area contributed by atoms with E-state index in [9.17, 15) is 19.5 Å². The van der Waals surface area contributed by atoms with Crippen LogP contribution < -0.4 is 9.64 Å². The van der Waals surface area contributed by atoms with E-state index in [2.05, 4.69) is 0 Å². The standard InChI is InChI=1S/C29H28N4O5/c1-18(2)14-25(27-30-23-13-12-19(28(35)36)15-24(23)31(27)3)33-26(34)17-32(29(33)37)20-8-7-11-22(16-20)38-21-9-5-4-6-10-21/h4-13,15-16,18,25H,14,17H2,1-3H3,(H,35,36)/t25-/m0/s1. The molecule has 3 aromatic carbocycles. The van der Waals surface area contributed by atoms with Crippen LogP contribution in [0.4, 0.5) is 10.5 Å². The zero-order valence-electron chi connectivity index (χ0n) is 21.4. The highest BCUT2D eigenvalue weighted by Gasteiger charge is 2.43. The van der Waals surface area contributed by atoms with Crippen molar-refractivity contribution in [2.75, 3.05) is 11.4 Å². The number of anilines is 1. The van der Waals surface area contributed by atoms with Crippen LogP contribution in [-0.4, -0.2) is 44.0 Å². The highest BCUT2D eigenvalue weighted by molar-refractivity contribution is 6.12. The molecule has 1 saturated heterocycles. The molecule has 0 saturated carbocycles. The minimum Gasteiger partial charge on any atom is -0.478 e. The van der Waals surface area contributed by atoms with Gasteiger partial charge in [-0.15, -0.1) is 0 Å². The maximum atomic E-state index is 13.7. The third kappa shape index (κ3) is 4.70. The van der Waals surface area contributed by atoms with E-state index in [1.807, 2.05) is 44.2 Å². The number of carboxylic acids is 1. The first-order valence-electron chi connectivity index (χ1n) is 12.4. The number of carboxylic acid groups (broad SMARTS) is 1. The maximum absolute atomic E-state index is 13.7. The fourth-order valence-corrected chi connectivity index (χ4v) is 4.78. The number of imide groups is 1. The number of carbonyl (C=O) groups is 3. The van der Waals surface area contributed by atoms with Crippen LogP contribution in [0, 0.1) is 5.92 Å². The molecule has 0 aliphatic carbocycles. The molecule has 3 amide bonds. The van der Waals surface area contributed by atoms with Gasteiger partial charge in [-0.1, -0.05) is 38.1 Å². The van der Waals surface area contributed by atoms with Crippen molar-refractivity contribution in [3.05, 3.63) is 84.2 Å². The van der Waals surface area contributed by atoms with Gasteiger partial charge in [0.25, 0.3) is 5.91 Å². The number of hydrogen-bond donors (Lipinski definition) is 1. The first-order chi connectivity index (χ1) is 18.2. The molecule has 194 valence electrons. The minimum absolute atomic E-state index is 0.102. The van der Waals surface area contributed by atoms with Crippen LogP contribution in [-0.2, 0) is 11.8 Å². The molecule has 1 N–H and O–H groups in total. The van der Waals surface area contributed by atoms with E-state index in [1.54, 1.807) is 48.0 Å². The van der Waals surface area contributed by atoms with Crippen LogP contribution in [0.1, 0.15) is 42.5 Å². The molecule has 1 fully saturated rings. The molecule has 1 atom stereocenters. The number of ether oxygens (including phenoxy) is 1. The van der Waals surface area contributed by atoms with Gasteiger partial charge in [0.15, 0.2) is 0 Å². The van der Waals surface area contributed by atoms with Crippen molar-refractivity contribution in [2.45, 2.75) is 26.3 Å². The summed E-state index contributed by atoms with van der Waals surface area (Å²) in [6.07, 6.45) is 0.505. The van der Waals surface area contributed by atoms with Crippen LogP contribution in [0.5, 0.6) is 11.5 Å². The Balaban J connectivity index is 1.48. The monoisotopic (exact) mass is 512 g/mol. The molecular weight excluding hydrogens is 484 g/mol. The van der Waals surface area contributed by atoms with Crippen molar-refractivity contribution in [2.24, 2.45) is 13.0 Å². The fraction of sp³-hybridized carbons (Fsp3) is 0.241. The summed E-state index contributed by atoms with van der Waals surface area (Å²) in [5.41, 5.74) is 1.92. The van der Waals surface area contributed by atoms with Gasteiger partial charge in [0, 0.05) is 18.8 Å². The number of aromatic nitrogens is 2. The number of hydrogen-bond acceptors (Lipinski definition) is 5. The largest absolute Gasteiger partial charge is 0.478 e. The molecule has 9 nitrogen and oxygen atoms in total. The number of rotatable bonds is 8. The fourth-order valence-electron chi connectivity index (χ4n) is 4.78. The van der Waals surface area contributed by atoms with E-state index in [1.165, 1.54) is 15.9 Å². The maximum Gasteiger partial charge on any atom is 0.335 e. The SMILES string of the molecule is CC(C)C[C@@H](c1nc2ccc(C(=O)O)cc2n1C)N1C(=O)CN(c2cccc(Oc3ccccc3)c2)C1=O. The summed E-state index contributed by atoms with van der Waals surface area (Å²) in [7, 11) is 1.77. The Morgan fingerprint density at radius 1 is 1.00 bits per heavy atom. The number of fused-ring (bicyclic) bond motifs is 1. The van der Waals surface area contributed by atoms with Gasteiger partial charge in [-0.05, 0) is 54.8 Å². The van der Waals surface area contributed by atoms with Crippen LogP contribution in [0.15, 0.2) is 72.8 Å². The molecule has 1 aliphatic heterocycles. The lowest BCUT2D eigenvalue weighted by molar-refractivity contribution is -0.127. The lowest BCUT2D eigenvalue weighted by Gasteiger charge is -2.27. The number of urea groups is 1. The summed E-state index contributed by atoms with van der Waals surface area (Å²) >= 11 is 0. The highest BCUT2D eigenvalue weighted by Crippen LogP contribution is 2.35. The Hall–Kier alpha value is -4.66. The molecule has 2 heterocycles. The first kappa shape index (κ1) is 25.0. The summed E-state index contributed by atoms with van der Waals surface area (Å²) in [6.45, 7) is 3.94. The molecule has 0 unspecified atom stereocenters. The number of aryl methyl sites for hydroxylation is 1. The number of para-hydroxylation sites is 1. The van der Waals surface area contributed by atoms with Crippen LogP contribution in [0.3, 0.4) is 0 Å². The van der Waals surface area contributed by atoms with Crippen molar-refractivity contribution in [1.82, 2.24) is 14.5 Å². The van der Waals surface area contributed by atoms with Crippen LogP contribution >= 0.6 is 0 Å². The second kappa shape index (κ2) is 10.0. The third-order valence-corrected chi connectivity index (χ3v) is 6.57. The molecule has 38 heavy (non-hydrogen) atoms. The van der Waals surface area contributed by atoms with Crippen LogP contribution in [0.2, 0.25) is 0 Å². The van der Waals surface area contributed by atoms with Gasteiger partial charge < -0.3 is 14.4 Å². The Morgan fingerprint density at radius 2 is 1.74 bits per heavy atom. The number of benzene rings is 3. The Bertz CT molecular complexity index is 1530. The number of amides is 3. The molecule has 9 heteroatoms. The van der Waals surface area contributed by atoms with E-state index < -0.39 is 18.0 Å². The Labute approximate surface area is 219 Å². The molecule has 1 aliphatic rings. The Kier molecular flexibility index (Phi) is 6.59. The lowest BCUT2D eigenvalue weighted by Crippen LogP contribution is -2.38. The topological polar surface area (TPSA) is 105 Å². The Morgan fingerprint density at radius 3 is 2.45 bits per heavy atom. The average Bonchev–Trinajstić information content (AvgIpc) is 3.38. The summed E-state index contributed by atoms with van der Waals surface area (Å²) in [4.78, 5) is 46.0. The molecular formula is C29H28N4O5. The minimum atomic E-state index is -1.03. The molecule has 0 bridgehead atoms. The van der Waals surface area contributed by atoms with Gasteiger partial charge in [-0.3, -0.25) is 14.6 Å². The van der Waals surface area contributed by atoms with Crippen molar-refractivity contribution >= 4 is 34.6 Å². The zero-order chi connectivity index (χ0) is 27.0. The summed E-state index contributed by atoms with van der Waals surface area (Å²) in [5, 5.41) is 9.41. The quantitative estimate of drug-likeness (QED) is 0.307. The van der Waals surface area contributed by atoms with Gasteiger partial charge in [0.05, 0.1) is 22.6 Å². The zero-order valence-corrected chi connectivity index (χ0v) is 21.4. The van der Waals surface area contributed by atoms with E-state index >= 15 is 0 Å². The van der Waals surface area contributed by atoms with Crippen molar-refractivity contribution in [1.29, 1.82) is 0 Å². The first-order valence-corrected chi connectivity index (χ1v) is 12.4. The van der Waals surface area contributed by atoms with Gasteiger partial charge >= 0.3 is 12.0 Å². The molecule has 0 radical (unpaired) electrons. The molecule has 1 aromatic heterocycles. The smallest absolute Gasteiger partial charge is 0.335 e. The van der Waals surface area contributed by atoms with Gasteiger partial charge in [-0.25, -0.2) is 14.6 Å². The number of aromatic carboxylic acids is 1. The van der Waals surface area contributed by atoms with Gasteiger partial charge in [0.1, 0.15) is 23.9 Å². The van der Waals surface area contributed by atoms with Crippen LogP contribution in [0.25, 0.3) is 11.0 Å². The second-order valence-electron chi connectivity index (χ2n) is 9.73. The van der Waals surface area contributed by atoms with E-state index in [0.29, 0.717) is 40.5 Å². The molecule has 0 spiro atoms.